The topological polar surface area (TPSA) is 119 Å². The molecule has 0 radical (unpaired) electrons. The minimum absolute atomic E-state index is 0.115. The Bertz CT molecular complexity index is 1020. The summed E-state index contributed by atoms with van der Waals surface area (Å²) in [5.74, 6) is 6.37. The Hall–Kier alpha value is -3.60. The second kappa shape index (κ2) is 10.3. The zero-order chi connectivity index (χ0) is 21.3. The van der Waals surface area contributed by atoms with Crippen molar-refractivity contribution in [1.82, 2.24) is 20.2 Å². The van der Waals surface area contributed by atoms with Gasteiger partial charge >= 0.3 is 0 Å². The minimum Gasteiger partial charge on any atom is -0.497 e. The summed E-state index contributed by atoms with van der Waals surface area (Å²) in [5, 5.41) is 14.8. The number of carbonyl (C=O) groups is 1. The number of carbonyl (C=O) groups excluding carboxylic acids is 1. The number of hydrazone groups is 1. The van der Waals surface area contributed by atoms with Crippen LogP contribution in [0.1, 0.15) is 11.1 Å². The van der Waals surface area contributed by atoms with Gasteiger partial charge in [0.1, 0.15) is 11.6 Å². The molecule has 1 amide bonds. The SMILES string of the molecule is COc1ccc(CNC(=O)CSc2nnc(N/N=C/c3ccccc3F)n2N)cc1. The van der Waals surface area contributed by atoms with Gasteiger partial charge in [0.05, 0.1) is 19.1 Å². The van der Waals surface area contributed by atoms with E-state index in [4.69, 9.17) is 10.6 Å². The highest BCUT2D eigenvalue weighted by Gasteiger charge is 2.12. The summed E-state index contributed by atoms with van der Waals surface area (Å²) in [5.41, 5.74) is 3.87. The van der Waals surface area contributed by atoms with Crippen LogP contribution in [-0.4, -0.2) is 39.9 Å². The Kier molecular flexibility index (Phi) is 7.22. The second-order valence-electron chi connectivity index (χ2n) is 5.98. The molecule has 0 bridgehead atoms. The molecule has 1 aromatic heterocycles. The molecule has 0 saturated heterocycles. The molecule has 3 aromatic rings. The lowest BCUT2D eigenvalue weighted by atomic mass is 10.2. The van der Waals surface area contributed by atoms with E-state index >= 15 is 0 Å². The fourth-order valence-corrected chi connectivity index (χ4v) is 3.00. The van der Waals surface area contributed by atoms with Crippen molar-refractivity contribution in [3.63, 3.8) is 0 Å². The van der Waals surface area contributed by atoms with Crippen LogP contribution in [0.5, 0.6) is 5.75 Å². The van der Waals surface area contributed by atoms with Crippen LogP contribution in [0, 0.1) is 5.82 Å². The van der Waals surface area contributed by atoms with Crippen molar-refractivity contribution in [3.8, 4) is 5.75 Å². The molecule has 0 aliphatic carbocycles. The third-order valence-electron chi connectivity index (χ3n) is 3.92. The van der Waals surface area contributed by atoms with E-state index in [2.05, 4.69) is 26.0 Å². The van der Waals surface area contributed by atoms with Gasteiger partial charge in [0.15, 0.2) is 0 Å². The number of nitrogens with two attached hydrogens (primary N) is 1. The van der Waals surface area contributed by atoms with E-state index in [1.54, 1.807) is 25.3 Å². The Balaban J connectivity index is 1.47. The maximum atomic E-state index is 13.6. The number of nitrogens with one attached hydrogen (secondary N) is 2. The minimum atomic E-state index is -0.394. The summed E-state index contributed by atoms with van der Waals surface area (Å²) >= 11 is 1.13. The van der Waals surface area contributed by atoms with Gasteiger partial charge in [0.2, 0.25) is 11.1 Å². The number of hydrogen-bond acceptors (Lipinski definition) is 8. The van der Waals surface area contributed by atoms with Gasteiger partial charge in [-0.05, 0) is 23.8 Å². The molecule has 0 saturated carbocycles. The number of benzene rings is 2. The molecule has 0 fully saturated rings. The third-order valence-corrected chi connectivity index (χ3v) is 4.86. The first-order valence-corrected chi connectivity index (χ1v) is 9.82. The normalized spacial score (nSPS) is 10.9. The van der Waals surface area contributed by atoms with Gasteiger partial charge in [-0.25, -0.2) is 14.5 Å². The van der Waals surface area contributed by atoms with Crippen molar-refractivity contribution in [2.45, 2.75) is 11.7 Å². The van der Waals surface area contributed by atoms with Crippen molar-refractivity contribution in [1.29, 1.82) is 0 Å². The second-order valence-corrected chi connectivity index (χ2v) is 6.92. The molecule has 30 heavy (non-hydrogen) atoms. The molecule has 0 aliphatic heterocycles. The molecule has 0 aliphatic rings. The smallest absolute Gasteiger partial charge is 0.264 e. The predicted octanol–water partition coefficient (Wildman–Crippen LogP) is 1.99. The number of aromatic nitrogens is 3. The summed E-state index contributed by atoms with van der Waals surface area (Å²) in [4.78, 5) is 12.1. The van der Waals surface area contributed by atoms with Crippen molar-refractivity contribution >= 4 is 29.8 Å². The lowest BCUT2D eigenvalue weighted by Gasteiger charge is -2.06. The van der Waals surface area contributed by atoms with Gasteiger partial charge in [-0.2, -0.15) is 5.10 Å². The fourth-order valence-electron chi connectivity index (χ4n) is 2.32. The zero-order valence-electron chi connectivity index (χ0n) is 16.1. The summed E-state index contributed by atoms with van der Waals surface area (Å²) in [7, 11) is 1.60. The molecule has 3 rings (SSSR count). The number of nitrogens with zero attached hydrogens (tertiary/aromatic N) is 4. The lowest BCUT2D eigenvalue weighted by molar-refractivity contribution is -0.118. The molecule has 9 nitrogen and oxygen atoms in total. The zero-order valence-corrected chi connectivity index (χ0v) is 16.9. The van der Waals surface area contributed by atoms with Gasteiger partial charge in [-0.15, -0.1) is 10.2 Å². The average Bonchev–Trinajstić information content (AvgIpc) is 3.12. The first-order valence-electron chi connectivity index (χ1n) is 8.83. The van der Waals surface area contributed by atoms with E-state index in [-0.39, 0.29) is 17.6 Å². The van der Waals surface area contributed by atoms with Crippen LogP contribution >= 0.6 is 11.8 Å². The van der Waals surface area contributed by atoms with Crippen molar-refractivity contribution in [3.05, 3.63) is 65.5 Å². The molecule has 4 N–H and O–H groups in total. The molecule has 156 valence electrons. The Labute approximate surface area is 176 Å². The molecular weight excluding hydrogens is 409 g/mol. The largest absolute Gasteiger partial charge is 0.497 e. The number of rotatable bonds is 9. The summed E-state index contributed by atoms with van der Waals surface area (Å²) in [6.45, 7) is 0.399. The average molecular weight is 429 g/mol. The molecule has 1 heterocycles. The van der Waals surface area contributed by atoms with Gasteiger partial charge in [-0.1, -0.05) is 42.1 Å². The van der Waals surface area contributed by atoms with Crippen LogP contribution in [-0.2, 0) is 11.3 Å². The van der Waals surface area contributed by atoms with Crippen molar-refractivity contribution < 1.29 is 13.9 Å². The van der Waals surface area contributed by atoms with Crippen LogP contribution in [0.25, 0.3) is 0 Å². The summed E-state index contributed by atoms with van der Waals surface area (Å²) in [6.07, 6.45) is 1.31. The highest BCUT2D eigenvalue weighted by molar-refractivity contribution is 7.99. The van der Waals surface area contributed by atoms with Crippen LogP contribution in [0.2, 0.25) is 0 Å². The maximum Gasteiger partial charge on any atom is 0.264 e. The Morgan fingerprint density at radius 3 is 2.77 bits per heavy atom. The van der Waals surface area contributed by atoms with E-state index in [1.165, 1.54) is 17.0 Å². The first-order chi connectivity index (χ1) is 14.6. The molecule has 0 unspecified atom stereocenters. The molecule has 11 heteroatoms. The summed E-state index contributed by atoms with van der Waals surface area (Å²) < 4.78 is 19.8. The van der Waals surface area contributed by atoms with Crippen molar-refractivity contribution in [2.75, 3.05) is 24.1 Å². The monoisotopic (exact) mass is 429 g/mol. The molecule has 2 aromatic carbocycles. The molecule has 0 atom stereocenters. The number of thioether (sulfide) groups is 1. The number of ether oxygens (including phenoxy) is 1. The van der Waals surface area contributed by atoms with Gasteiger partial charge in [0, 0.05) is 12.1 Å². The number of methoxy groups -OCH3 is 1. The van der Waals surface area contributed by atoms with E-state index in [0.717, 1.165) is 23.1 Å². The van der Waals surface area contributed by atoms with E-state index < -0.39 is 5.82 Å². The number of anilines is 1. The lowest BCUT2D eigenvalue weighted by Crippen LogP contribution is -2.25. The number of amides is 1. The fraction of sp³-hybridized carbons (Fsp3) is 0.158. The van der Waals surface area contributed by atoms with Crippen LogP contribution in [0.15, 0.2) is 58.8 Å². The van der Waals surface area contributed by atoms with E-state index in [0.29, 0.717) is 17.3 Å². The van der Waals surface area contributed by atoms with Gasteiger partial charge in [-0.3, -0.25) is 4.79 Å². The number of nitrogen functional groups attached to an aromatic ring is 1. The first kappa shape index (κ1) is 21.1. The van der Waals surface area contributed by atoms with Gasteiger partial charge < -0.3 is 15.9 Å². The summed E-state index contributed by atoms with van der Waals surface area (Å²) in [6, 6.07) is 13.6. The van der Waals surface area contributed by atoms with Crippen LogP contribution in [0.3, 0.4) is 0 Å². The van der Waals surface area contributed by atoms with Gasteiger partial charge in [0.25, 0.3) is 5.95 Å². The number of halogens is 1. The van der Waals surface area contributed by atoms with Crippen LogP contribution < -0.4 is 21.3 Å². The standard InChI is InChI=1S/C19H20FN7O2S/c1-29-15-8-6-13(7-9-15)10-22-17(28)12-30-19-26-25-18(27(19)21)24-23-11-14-4-2-3-5-16(14)20/h2-9,11H,10,12,21H2,1H3,(H,22,28)(H,24,25)/b23-11+. The Morgan fingerprint density at radius 1 is 1.27 bits per heavy atom. The van der Waals surface area contributed by atoms with Crippen molar-refractivity contribution in [2.24, 2.45) is 5.10 Å². The molecule has 0 spiro atoms. The van der Waals surface area contributed by atoms with Crippen LogP contribution in [0.4, 0.5) is 10.3 Å². The molecular formula is C19H20FN7O2S. The quantitative estimate of drug-likeness (QED) is 0.206. The highest BCUT2D eigenvalue weighted by Crippen LogP contribution is 2.16. The highest BCUT2D eigenvalue weighted by atomic mass is 32.2. The van der Waals surface area contributed by atoms with E-state index in [9.17, 15) is 9.18 Å². The maximum absolute atomic E-state index is 13.6. The number of hydrogen-bond donors (Lipinski definition) is 3. The predicted molar refractivity (Wildman–Crippen MR) is 113 cm³/mol. The van der Waals surface area contributed by atoms with E-state index in [1.807, 2.05) is 24.3 Å². The third kappa shape index (κ3) is 5.70. The Morgan fingerprint density at radius 2 is 2.03 bits per heavy atom.